The first-order valence-electron chi connectivity index (χ1n) is 7.93. The number of hydrogen-bond donors (Lipinski definition) is 2. The maximum absolute atomic E-state index is 12.4. The molecule has 4 heteroatoms. The molecule has 2 fully saturated rings. The van der Waals surface area contributed by atoms with Gasteiger partial charge in [-0.3, -0.25) is 4.79 Å². The van der Waals surface area contributed by atoms with E-state index >= 15 is 0 Å². The van der Waals surface area contributed by atoms with Crippen LogP contribution in [0.5, 0.6) is 0 Å². The van der Waals surface area contributed by atoms with Crippen LogP contribution in [-0.2, 0) is 6.54 Å². The Hall–Kier alpha value is -1.29. The number of aryl methyl sites for hydroxylation is 1. The molecule has 0 bridgehead atoms. The third-order valence-corrected chi connectivity index (χ3v) is 4.80. The molecule has 1 amide bonds. The van der Waals surface area contributed by atoms with Crippen molar-refractivity contribution in [3.05, 3.63) is 24.0 Å². The van der Waals surface area contributed by atoms with E-state index < -0.39 is 0 Å². The summed E-state index contributed by atoms with van der Waals surface area (Å²) in [4.78, 5) is 12.4. The molecule has 2 aliphatic rings. The predicted octanol–water partition coefficient (Wildman–Crippen LogP) is 2.30. The highest BCUT2D eigenvalue weighted by Gasteiger charge is 2.41. The van der Waals surface area contributed by atoms with Crippen molar-refractivity contribution >= 4 is 5.91 Å². The Labute approximate surface area is 120 Å². The van der Waals surface area contributed by atoms with Crippen molar-refractivity contribution in [2.45, 2.75) is 63.6 Å². The number of nitrogens with one attached hydrogen (secondary N) is 2. The molecule has 2 heterocycles. The lowest BCUT2D eigenvalue weighted by molar-refractivity contribution is 0.0844. The van der Waals surface area contributed by atoms with E-state index in [2.05, 4.69) is 22.1 Å². The van der Waals surface area contributed by atoms with Crippen LogP contribution in [0.2, 0.25) is 0 Å². The van der Waals surface area contributed by atoms with Crippen molar-refractivity contribution in [1.82, 2.24) is 15.2 Å². The minimum atomic E-state index is 0.0878. The molecule has 1 aliphatic heterocycles. The van der Waals surface area contributed by atoms with Crippen molar-refractivity contribution in [3.63, 3.8) is 0 Å². The van der Waals surface area contributed by atoms with E-state index in [4.69, 9.17) is 0 Å². The molecule has 1 spiro atoms. The molecule has 0 aromatic carbocycles. The maximum atomic E-state index is 12.4. The molecule has 20 heavy (non-hydrogen) atoms. The summed E-state index contributed by atoms with van der Waals surface area (Å²) in [6.07, 6.45) is 9.04. The van der Waals surface area contributed by atoms with Crippen LogP contribution in [-0.4, -0.2) is 28.6 Å². The average Bonchev–Trinajstić information content (AvgIpc) is 2.86. The number of rotatable bonds is 4. The van der Waals surface area contributed by atoms with Crippen LogP contribution in [0.15, 0.2) is 18.3 Å². The Morgan fingerprint density at radius 2 is 2.40 bits per heavy atom. The fourth-order valence-corrected chi connectivity index (χ4v) is 3.58. The maximum Gasteiger partial charge on any atom is 0.268 e. The zero-order chi connectivity index (χ0) is 14.0. The van der Waals surface area contributed by atoms with Gasteiger partial charge in [0.25, 0.3) is 5.91 Å². The van der Waals surface area contributed by atoms with Gasteiger partial charge in [-0.2, -0.15) is 0 Å². The molecular weight excluding hydrogens is 250 g/mol. The summed E-state index contributed by atoms with van der Waals surface area (Å²) in [6.45, 7) is 4.07. The molecule has 1 atom stereocenters. The van der Waals surface area contributed by atoms with Crippen molar-refractivity contribution < 1.29 is 4.79 Å². The van der Waals surface area contributed by atoms with Gasteiger partial charge in [0.05, 0.1) is 0 Å². The van der Waals surface area contributed by atoms with Crippen LogP contribution in [0.4, 0.5) is 0 Å². The summed E-state index contributed by atoms with van der Waals surface area (Å²) in [5, 5.41) is 6.89. The van der Waals surface area contributed by atoms with E-state index in [1.807, 2.05) is 18.3 Å². The van der Waals surface area contributed by atoms with Crippen molar-refractivity contribution in [2.75, 3.05) is 6.54 Å². The zero-order valence-electron chi connectivity index (χ0n) is 12.3. The molecule has 1 saturated heterocycles. The molecule has 1 aromatic heterocycles. The van der Waals surface area contributed by atoms with Gasteiger partial charge in [0, 0.05) is 24.3 Å². The van der Waals surface area contributed by atoms with Gasteiger partial charge in [-0.05, 0) is 57.2 Å². The molecule has 110 valence electrons. The van der Waals surface area contributed by atoms with E-state index in [1.165, 1.54) is 19.3 Å². The van der Waals surface area contributed by atoms with Crippen molar-refractivity contribution in [1.29, 1.82) is 0 Å². The van der Waals surface area contributed by atoms with Crippen LogP contribution < -0.4 is 10.6 Å². The lowest BCUT2D eigenvalue weighted by Gasteiger charge is -2.48. The summed E-state index contributed by atoms with van der Waals surface area (Å²) >= 11 is 0. The van der Waals surface area contributed by atoms with Crippen LogP contribution in [0.25, 0.3) is 0 Å². The molecule has 1 unspecified atom stereocenters. The topological polar surface area (TPSA) is 46.1 Å². The fraction of sp³-hybridized carbons (Fsp3) is 0.688. The molecule has 0 radical (unpaired) electrons. The first-order valence-corrected chi connectivity index (χ1v) is 7.93. The lowest BCUT2D eigenvalue weighted by Crippen LogP contribution is -2.59. The standard InChI is InChI=1S/C16H25N3O/c1-2-10-19-11-3-5-14(19)15(20)18-13-6-9-17-16(12-13)7-4-8-16/h3,5,11,13,17H,2,4,6-10,12H2,1H3,(H,18,20). The highest BCUT2D eigenvalue weighted by molar-refractivity contribution is 5.92. The number of carbonyl (C=O) groups excluding carboxylic acids is 1. The summed E-state index contributed by atoms with van der Waals surface area (Å²) in [7, 11) is 0. The van der Waals surface area contributed by atoms with Crippen LogP contribution in [0.1, 0.15) is 55.9 Å². The number of piperidine rings is 1. The normalized spacial score (nSPS) is 24.4. The average molecular weight is 275 g/mol. The SMILES string of the molecule is CCCn1cccc1C(=O)NC1CCNC2(CCC2)C1. The first-order chi connectivity index (χ1) is 9.72. The highest BCUT2D eigenvalue weighted by Crippen LogP contribution is 2.38. The molecule has 3 rings (SSSR count). The zero-order valence-corrected chi connectivity index (χ0v) is 12.3. The fourth-order valence-electron chi connectivity index (χ4n) is 3.58. The van der Waals surface area contributed by atoms with Gasteiger partial charge in [0.1, 0.15) is 5.69 Å². The first kappa shape index (κ1) is 13.7. The van der Waals surface area contributed by atoms with Gasteiger partial charge in [-0.1, -0.05) is 6.92 Å². The Morgan fingerprint density at radius 1 is 1.55 bits per heavy atom. The predicted molar refractivity (Wildman–Crippen MR) is 79.8 cm³/mol. The van der Waals surface area contributed by atoms with Crippen LogP contribution >= 0.6 is 0 Å². The van der Waals surface area contributed by atoms with Crippen molar-refractivity contribution in [3.8, 4) is 0 Å². The second-order valence-electron chi connectivity index (χ2n) is 6.31. The minimum absolute atomic E-state index is 0.0878. The molecular formula is C16H25N3O. The van der Waals surface area contributed by atoms with Gasteiger partial charge < -0.3 is 15.2 Å². The van der Waals surface area contributed by atoms with Gasteiger partial charge in [-0.25, -0.2) is 0 Å². The van der Waals surface area contributed by atoms with Gasteiger partial charge in [0.15, 0.2) is 0 Å². The summed E-state index contributed by atoms with van der Waals surface area (Å²) < 4.78 is 2.05. The third-order valence-electron chi connectivity index (χ3n) is 4.80. The summed E-state index contributed by atoms with van der Waals surface area (Å²) in [6, 6.07) is 4.21. The van der Waals surface area contributed by atoms with E-state index in [-0.39, 0.29) is 5.91 Å². The van der Waals surface area contributed by atoms with Crippen LogP contribution in [0, 0.1) is 0 Å². The Bertz CT molecular complexity index is 476. The van der Waals surface area contributed by atoms with E-state index in [9.17, 15) is 4.79 Å². The molecule has 2 N–H and O–H groups in total. The Morgan fingerprint density at radius 3 is 3.10 bits per heavy atom. The second-order valence-corrected chi connectivity index (χ2v) is 6.31. The number of nitrogens with zero attached hydrogens (tertiary/aromatic N) is 1. The Kier molecular flexibility index (Phi) is 3.83. The van der Waals surface area contributed by atoms with E-state index in [0.29, 0.717) is 11.6 Å². The van der Waals surface area contributed by atoms with Crippen LogP contribution in [0.3, 0.4) is 0 Å². The molecule has 4 nitrogen and oxygen atoms in total. The van der Waals surface area contributed by atoms with E-state index in [1.54, 1.807) is 0 Å². The lowest BCUT2D eigenvalue weighted by atomic mass is 9.70. The smallest absolute Gasteiger partial charge is 0.268 e. The third kappa shape index (κ3) is 2.62. The number of amides is 1. The molecule has 1 aliphatic carbocycles. The summed E-state index contributed by atoms with van der Waals surface area (Å²) in [5.74, 6) is 0.0878. The monoisotopic (exact) mass is 275 g/mol. The van der Waals surface area contributed by atoms with Crippen molar-refractivity contribution in [2.24, 2.45) is 0 Å². The van der Waals surface area contributed by atoms with Gasteiger partial charge in [-0.15, -0.1) is 0 Å². The number of aromatic nitrogens is 1. The van der Waals surface area contributed by atoms with Gasteiger partial charge in [0.2, 0.25) is 0 Å². The largest absolute Gasteiger partial charge is 0.348 e. The number of carbonyl (C=O) groups is 1. The number of hydrogen-bond acceptors (Lipinski definition) is 2. The van der Waals surface area contributed by atoms with Gasteiger partial charge >= 0.3 is 0 Å². The molecule has 1 saturated carbocycles. The second kappa shape index (κ2) is 5.60. The minimum Gasteiger partial charge on any atom is -0.348 e. The quantitative estimate of drug-likeness (QED) is 0.885. The van der Waals surface area contributed by atoms with E-state index in [0.717, 1.165) is 38.0 Å². The Balaban J connectivity index is 1.62. The molecule has 1 aromatic rings. The highest BCUT2D eigenvalue weighted by atomic mass is 16.2. The summed E-state index contributed by atoms with van der Waals surface area (Å²) in [5.41, 5.74) is 1.13.